The number of rotatable bonds is 3. The predicted molar refractivity (Wildman–Crippen MR) is 80.3 cm³/mol. The molecule has 2 N–H and O–H groups in total. The van der Waals surface area contributed by atoms with Gasteiger partial charge in [0.1, 0.15) is 11.6 Å². The predicted octanol–water partition coefficient (Wildman–Crippen LogP) is 3.30. The Bertz CT molecular complexity index is 812. The van der Waals surface area contributed by atoms with Gasteiger partial charge in [0.2, 0.25) is 0 Å². The van der Waals surface area contributed by atoms with Gasteiger partial charge in [-0.15, -0.1) is 11.3 Å². The van der Waals surface area contributed by atoms with Gasteiger partial charge in [-0.1, -0.05) is 0 Å². The van der Waals surface area contributed by atoms with Gasteiger partial charge in [0.25, 0.3) is 0 Å². The molecule has 1 aliphatic rings. The Balaban J connectivity index is 1.77. The molecule has 1 fully saturated rings. The lowest BCUT2D eigenvalue weighted by molar-refractivity contribution is 0.596. The van der Waals surface area contributed by atoms with Crippen LogP contribution in [-0.4, -0.2) is 15.0 Å². The molecule has 21 heavy (non-hydrogen) atoms. The molecule has 0 amide bonds. The zero-order chi connectivity index (χ0) is 14.4. The third kappa shape index (κ3) is 2.30. The standard InChI is InChI=1S/C15H13FN4S/c16-10-6-18-4-3-9(10)12-5-11-13(21-12)7-19-15(20-11)14(17)8-1-2-8/h3-8,14H,1-2,17H2/t14-/m0/s1. The summed E-state index contributed by atoms with van der Waals surface area (Å²) in [5.41, 5.74) is 7.51. The van der Waals surface area contributed by atoms with Crippen molar-refractivity contribution < 1.29 is 4.39 Å². The fourth-order valence-electron chi connectivity index (χ4n) is 2.39. The van der Waals surface area contributed by atoms with Gasteiger partial charge in [-0.3, -0.25) is 4.98 Å². The molecule has 0 bridgehead atoms. The smallest absolute Gasteiger partial charge is 0.150 e. The number of thiophene rings is 1. The van der Waals surface area contributed by atoms with Crippen LogP contribution in [0.5, 0.6) is 0 Å². The Morgan fingerprint density at radius 2 is 2.19 bits per heavy atom. The van der Waals surface area contributed by atoms with Crippen LogP contribution in [0.15, 0.2) is 30.7 Å². The van der Waals surface area contributed by atoms with E-state index in [1.165, 1.54) is 17.5 Å². The topological polar surface area (TPSA) is 64.7 Å². The summed E-state index contributed by atoms with van der Waals surface area (Å²) in [6.07, 6.45) is 6.90. The van der Waals surface area contributed by atoms with Crippen LogP contribution in [-0.2, 0) is 0 Å². The van der Waals surface area contributed by atoms with Crippen LogP contribution in [0.2, 0.25) is 0 Å². The average Bonchev–Trinajstić information content (AvgIpc) is 3.25. The lowest BCUT2D eigenvalue weighted by Crippen LogP contribution is -2.15. The normalized spacial score (nSPS) is 16.3. The van der Waals surface area contributed by atoms with Crippen LogP contribution in [0.4, 0.5) is 4.39 Å². The van der Waals surface area contributed by atoms with E-state index in [0.29, 0.717) is 17.3 Å². The highest BCUT2D eigenvalue weighted by Crippen LogP contribution is 2.39. The molecule has 0 spiro atoms. The van der Waals surface area contributed by atoms with Gasteiger partial charge in [0.15, 0.2) is 0 Å². The number of halogens is 1. The lowest BCUT2D eigenvalue weighted by Gasteiger charge is -2.07. The van der Waals surface area contributed by atoms with Gasteiger partial charge in [0.05, 0.1) is 22.5 Å². The van der Waals surface area contributed by atoms with Gasteiger partial charge in [-0.05, 0) is 30.9 Å². The summed E-state index contributed by atoms with van der Waals surface area (Å²) < 4.78 is 14.8. The van der Waals surface area contributed by atoms with Crippen LogP contribution < -0.4 is 5.73 Å². The van der Waals surface area contributed by atoms with Gasteiger partial charge < -0.3 is 5.73 Å². The lowest BCUT2D eigenvalue weighted by atomic mass is 10.2. The minimum absolute atomic E-state index is 0.0876. The molecule has 0 radical (unpaired) electrons. The first-order valence-corrected chi connectivity index (χ1v) is 7.66. The minimum Gasteiger partial charge on any atom is -0.321 e. The van der Waals surface area contributed by atoms with Crippen molar-refractivity contribution in [3.63, 3.8) is 0 Å². The number of fused-ring (bicyclic) bond motifs is 1. The second-order valence-electron chi connectivity index (χ2n) is 5.31. The summed E-state index contributed by atoms with van der Waals surface area (Å²) in [6.45, 7) is 0. The Kier molecular flexibility index (Phi) is 2.94. The molecule has 4 nitrogen and oxygen atoms in total. The monoisotopic (exact) mass is 300 g/mol. The largest absolute Gasteiger partial charge is 0.321 e. The molecule has 0 unspecified atom stereocenters. The molecule has 1 atom stereocenters. The molecule has 0 saturated heterocycles. The van der Waals surface area contributed by atoms with Crippen LogP contribution in [0.1, 0.15) is 24.7 Å². The highest BCUT2D eigenvalue weighted by atomic mass is 32.1. The molecule has 3 heterocycles. The van der Waals surface area contributed by atoms with Crippen LogP contribution >= 0.6 is 11.3 Å². The van der Waals surface area contributed by atoms with Crippen LogP contribution in [0, 0.1) is 11.7 Å². The van der Waals surface area contributed by atoms with Crippen molar-refractivity contribution in [2.75, 3.05) is 0 Å². The summed E-state index contributed by atoms with van der Waals surface area (Å²) in [6, 6.07) is 3.48. The first-order chi connectivity index (χ1) is 10.2. The summed E-state index contributed by atoms with van der Waals surface area (Å²) in [5, 5.41) is 0. The second-order valence-corrected chi connectivity index (χ2v) is 6.39. The number of hydrogen-bond acceptors (Lipinski definition) is 5. The zero-order valence-electron chi connectivity index (χ0n) is 11.2. The van der Waals surface area contributed by atoms with E-state index < -0.39 is 0 Å². The molecular formula is C15H13FN4S. The SMILES string of the molecule is N[C@H](c1ncc2sc(-c3ccncc3F)cc2n1)C1CC1. The number of aromatic nitrogens is 3. The molecule has 0 aromatic carbocycles. The highest BCUT2D eigenvalue weighted by Gasteiger charge is 2.31. The molecule has 106 valence electrons. The van der Waals surface area contributed by atoms with Gasteiger partial charge in [-0.25, -0.2) is 14.4 Å². The van der Waals surface area contributed by atoms with E-state index in [2.05, 4.69) is 15.0 Å². The number of pyridine rings is 1. The minimum atomic E-state index is -0.327. The molecular weight excluding hydrogens is 287 g/mol. The Morgan fingerprint density at radius 1 is 1.33 bits per heavy atom. The fraction of sp³-hybridized carbons (Fsp3) is 0.267. The maximum atomic E-state index is 13.8. The molecule has 1 saturated carbocycles. The molecule has 3 aromatic heterocycles. The maximum absolute atomic E-state index is 13.8. The first-order valence-electron chi connectivity index (χ1n) is 6.84. The summed E-state index contributed by atoms with van der Waals surface area (Å²) in [5.74, 6) is 0.870. The van der Waals surface area contributed by atoms with E-state index in [9.17, 15) is 4.39 Å². The van der Waals surface area contributed by atoms with Crippen molar-refractivity contribution in [2.45, 2.75) is 18.9 Å². The molecule has 4 rings (SSSR count). The number of nitrogens with two attached hydrogens (primary N) is 1. The number of hydrogen-bond donors (Lipinski definition) is 1. The quantitative estimate of drug-likeness (QED) is 0.806. The van der Waals surface area contributed by atoms with Crippen LogP contribution in [0.3, 0.4) is 0 Å². The Hall–Kier alpha value is -1.92. The molecule has 3 aromatic rings. The van der Waals surface area contributed by atoms with E-state index in [1.807, 2.05) is 6.07 Å². The van der Waals surface area contributed by atoms with E-state index >= 15 is 0 Å². The number of nitrogens with zero attached hydrogens (tertiary/aromatic N) is 3. The third-order valence-electron chi connectivity index (χ3n) is 3.76. The third-order valence-corrected chi connectivity index (χ3v) is 4.85. The zero-order valence-corrected chi connectivity index (χ0v) is 12.0. The summed E-state index contributed by atoms with van der Waals surface area (Å²) in [4.78, 5) is 13.5. The van der Waals surface area contributed by atoms with Gasteiger partial charge >= 0.3 is 0 Å². The molecule has 0 aliphatic heterocycles. The molecule has 1 aliphatic carbocycles. The summed E-state index contributed by atoms with van der Waals surface area (Å²) >= 11 is 1.48. The Labute approximate surface area is 124 Å². The van der Waals surface area contributed by atoms with Crippen molar-refractivity contribution in [3.8, 4) is 10.4 Å². The van der Waals surface area contributed by atoms with E-state index in [4.69, 9.17) is 5.73 Å². The fourth-order valence-corrected chi connectivity index (χ4v) is 3.38. The maximum Gasteiger partial charge on any atom is 0.150 e. The summed E-state index contributed by atoms with van der Waals surface area (Å²) in [7, 11) is 0. The van der Waals surface area contributed by atoms with E-state index in [1.54, 1.807) is 18.5 Å². The van der Waals surface area contributed by atoms with Crippen molar-refractivity contribution >= 4 is 21.6 Å². The highest BCUT2D eigenvalue weighted by molar-refractivity contribution is 7.22. The van der Waals surface area contributed by atoms with Crippen molar-refractivity contribution in [2.24, 2.45) is 11.7 Å². The van der Waals surface area contributed by atoms with Gasteiger partial charge in [0, 0.05) is 22.8 Å². The Morgan fingerprint density at radius 3 is 2.95 bits per heavy atom. The van der Waals surface area contributed by atoms with Gasteiger partial charge in [-0.2, -0.15) is 0 Å². The average molecular weight is 300 g/mol. The van der Waals surface area contributed by atoms with E-state index in [0.717, 1.165) is 27.9 Å². The molecule has 6 heteroatoms. The van der Waals surface area contributed by atoms with Crippen molar-refractivity contribution in [1.82, 2.24) is 15.0 Å². The first kappa shape index (κ1) is 12.8. The van der Waals surface area contributed by atoms with Crippen LogP contribution in [0.25, 0.3) is 20.7 Å². The van der Waals surface area contributed by atoms with E-state index in [-0.39, 0.29) is 11.9 Å². The second kappa shape index (κ2) is 4.82. The van der Waals surface area contributed by atoms with Crippen molar-refractivity contribution in [1.29, 1.82) is 0 Å². The van der Waals surface area contributed by atoms with Crippen molar-refractivity contribution in [3.05, 3.63) is 42.4 Å².